The maximum atomic E-state index is 12.3. The molecule has 2 saturated heterocycles. The molecule has 0 aromatic carbocycles. The van der Waals surface area contributed by atoms with Crippen molar-refractivity contribution in [3.8, 4) is 0 Å². The van der Waals surface area contributed by atoms with Gasteiger partial charge < -0.3 is 20.3 Å². The van der Waals surface area contributed by atoms with Crippen LogP contribution in [0, 0.1) is 5.92 Å². The first kappa shape index (κ1) is 17.2. The number of urea groups is 1. The summed E-state index contributed by atoms with van der Waals surface area (Å²) in [6.45, 7) is 3.13. The number of ether oxygens (including phenoxy) is 1. The largest absolute Gasteiger partial charge is 0.376 e. The number of amides is 3. The first-order valence-electron chi connectivity index (χ1n) is 8.67. The smallest absolute Gasteiger partial charge is 0.317 e. The summed E-state index contributed by atoms with van der Waals surface area (Å²) in [6.07, 6.45) is 3.95. The van der Waals surface area contributed by atoms with Gasteiger partial charge in [-0.25, -0.2) is 4.79 Å². The molecule has 0 bridgehead atoms. The van der Waals surface area contributed by atoms with E-state index >= 15 is 0 Å². The van der Waals surface area contributed by atoms with E-state index < -0.39 is 0 Å². The van der Waals surface area contributed by atoms with Gasteiger partial charge in [-0.05, 0) is 37.1 Å². The maximum absolute atomic E-state index is 12.3. The summed E-state index contributed by atoms with van der Waals surface area (Å²) in [5.41, 5.74) is 0. The van der Waals surface area contributed by atoms with Crippen molar-refractivity contribution in [2.45, 2.75) is 38.3 Å². The van der Waals surface area contributed by atoms with Crippen molar-refractivity contribution in [3.05, 3.63) is 22.4 Å². The van der Waals surface area contributed by atoms with Gasteiger partial charge in [-0.3, -0.25) is 4.79 Å². The van der Waals surface area contributed by atoms with Gasteiger partial charge in [0.15, 0.2) is 0 Å². The standard InChI is InChI=1S/C17H25N3O3S/c21-16(18-10-14-5-2-8-23-14)13-4-1-7-20(12-13)17(22)19-11-15-6-3-9-24-15/h3,6,9,13-14H,1-2,4-5,7-8,10-12H2,(H,18,21)(H,19,22). The van der Waals surface area contributed by atoms with Crippen molar-refractivity contribution >= 4 is 23.3 Å². The summed E-state index contributed by atoms with van der Waals surface area (Å²) in [5.74, 6) is -0.0751. The van der Waals surface area contributed by atoms with Crippen LogP contribution in [0.25, 0.3) is 0 Å². The van der Waals surface area contributed by atoms with Crippen molar-refractivity contribution < 1.29 is 14.3 Å². The molecule has 6 nitrogen and oxygen atoms in total. The zero-order valence-electron chi connectivity index (χ0n) is 13.8. The van der Waals surface area contributed by atoms with E-state index in [2.05, 4.69) is 10.6 Å². The molecule has 2 aliphatic heterocycles. The van der Waals surface area contributed by atoms with Gasteiger partial charge in [0.05, 0.1) is 18.6 Å². The Labute approximate surface area is 146 Å². The molecule has 2 unspecified atom stereocenters. The summed E-state index contributed by atoms with van der Waals surface area (Å²) < 4.78 is 5.53. The van der Waals surface area contributed by atoms with Gasteiger partial charge in [0, 0.05) is 31.1 Å². The van der Waals surface area contributed by atoms with Gasteiger partial charge in [0.1, 0.15) is 0 Å². The van der Waals surface area contributed by atoms with Crippen LogP contribution in [0.4, 0.5) is 4.79 Å². The minimum atomic E-state index is -0.118. The number of hydrogen-bond donors (Lipinski definition) is 2. The molecular formula is C17H25N3O3S. The Bertz CT molecular complexity index is 543. The lowest BCUT2D eigenvalue weighted by Crippen LogP contribution is -2.49. The number of rotatable bonds is 5. The fourth-order valence-electron chi connectivity index (χ4n) is 3.23. The summed E-state index contributed by atoms with van der Waals surface area (Å²) in [7, 11) is 0. The van der Waals surface area contributed by atoms with E-state index in [1.54, 1.807) is 16.2 Å². The van der Waals surface area contributed by atoms with Crippen LogP contribution in [0.5, 0.6) is 0 Å². The molecule has 3 amide bonds. The minimum absolute atomic E-state index is 0.0428. The minimum Gasteiger partial charge on any atom is -0.376 e. The molecule has 1 aromatic rings. The SMILES string of the molecule is O=C(NCC1CCCO1)C1CCCN(C(=O)NCc2cccs2)C1. The molecule has 3 rings (SSSR count). The van der Waals surface area contributed by atoms with E-state index in [1.165, 1.54) is 0 Å². The van der Waals surface area contributed by atoms with Gasteiger partial charge in [-0.15, -0.1) is 11.3 Å². The predicted octanol–water partition coefficient (Wildman–Crippen LogP) is 1.96. The van der Waals surface area contributed by atoms with E-state index in [-0.39, 0.29) is 24.0 Å². The van der Waals surface area contributed by atoms with Gasteiger partial charge in [-0.1, -0.05) is 6.07 Å². The van der Waals surface area contributed by atoms with Crippen molar-refractivity contribution in [2.24, 2.45) is 5.92 Å². The van der Waals surface area contributed by atoms with Crippen molar-refractivity contribution in [1.29, 1.82) is 0 Å². The molecule has 0 radical (unpaired) electrons. The highest BCUT2D eigenvalue weighted by atomic mass is 32.1. The van der Waals surface area contributed by atoms with Crippen LogP contribution >= 0.6 is 11.3 Å². The van der Waals surface area contributed by atoms with E-state index in [1.807, 2.05) is 17.5 Å². The summed E-state index contributed by atoms with van der Waals surface area (Å²) in [4.78, 5) is 27.5. The number of hydrogen-bond acceptors (Lipinski definition) is 4. The van der Waals surface area contributed by atoms with Crippen LogP contribution in [-0.4, -0.2) is 49.2 Å². The Balaban J connectivity index is 1.42. The zero-order chi connectivity index (χ0) is 16.8. The molecule has 2 N–H and O–H groups in total. The second-order valence-corrected chi connectivity index (χ2v) is 7.44. The van der Waals surface area contributed by atoms with E-state index in [0.29, 0.717) is 26.2 Å². The third-order valence-corrected chi connectivity index (χ3v) is 5.48. The van der Waals surface area contributed by atoms with E-state index in [0.717, 1.165) is 37.2 Å². The Hall–Kier alpha value is -1.60. The maximum Gasteiger partial charge on any atom is 0.317 e. The van der Waals surface area contributed by atoms with Crippen molar-refractivity contribution in [1.82, 2.24) is 15.5 Å². The van der Waals surface area contributed by atoms with Crippen LogP contribution in [-0.2, 0) is 16.1 Å². The third-order valence-electron chi connectivity index (χ3n) is 4.60. The fourth-order valence-corrected chi connectivity index (χ4v) is 3.87. The predicted molar refractivity (Wildman–Crippen MR) is 92.8 cm³/mol. The second kappa shape index (κ2) is 8.48. The molecule has 2 atom stereocenters. The van der Waals surface area contributed by atoms with E-state index in [9.17, 15) is 9.59 Å². The lowest BCUT2D eigenvalue weighted by atomic mass is 9.97. The Morgan fingerprint density at radius 1 is 1.29 bits per heavy atom. The van der Waals surface area contributed by atoms with Gasteiger partial charge in [0.2, 0.25) is 5.91 Å². The summed E-state index contributed by atoms with van der Waals surface area (Å²) in [6, 6.07) is 3.89. The fraction of sp³-hybridized carbons (Fsp3) is 0.647. The van der Waals surface area contributed by atoms with Crippen LogP contribution in [0.3, 0.4) is 0 Å². The highest BCUT2D eigenvalue weighted by Gasteiger charge is 2.29. The molecule has 7 heteroatoms. The highest BCUT2D eigenvalue weighted by molar-refractivity contribution is 7.09. The first-order chi connectivity index (χ1) is 11.7. The average Bonchev–Trinajstić information content (AvgIpc) is 3.31. The van der Waals surface area contributed by atoms with Crippen LogP contribution < -0.4 is 10.6 Å². The van der Waals surface area contributed by atoms with Gasteiger partial charge in [-0.2, -0.15) is 0 Å². The molecule has 1 aromatic heterocycles. The lowest BCUT2D eigenvalue weighted by molar-refractivity contribution is -0.126. The number of carbonyl (C=O) groups excluding carboxylic acids is 2. The number of carbonyl (C=O) groups is 2. The molecule has 3 heterocycles. The molecule has 0 saturated carbocycles. The first-order valence-corrected chi connectivity index (χ1v) is 9.55. The van der Waals surface area contributed by atoms with Gasteiger partial charge >= 0.3 is 6.03 Å². The topological polar surface area (TPSA) is 70.7 Å². The quantitative estimate of drug-likeness (QED) is 0.852. The number of nitrogens with zero attached hydrogens (tertiary/aromatic N) is 1. The van der Waals surface area contributed by atoms with Crippen molar-refractivity contribution in [3.63, 3.8) is 0 Å². The highest BCUT2D eigenvalue weighted by Crippen LogP contribution is 2.18. The second-order valence-electron chi connectivity index (χ2n) is 6.40. The lowest BCUT2D eigenvalue weighted by Gasteiger charge is -2.32. The summed E-state index contributed by atoms with van der Waals surface area (Å²) in [5, 5.41) is 7.92. The van der Waals surface area contributed by atoms with E-state index in [4.69, 9.17) is 4.74 Å². The van der Waals surface area contributed by atoms with Crippen LogP contribution in [0.2, 0.25) is 0 Å². The molecule has 132 valence electrons. The molecule has 0 aliphatic carbocycles. The molecule has 0 spiro atoms. The summed E-state index contributed by atoms with van der Waals surface area (Å²) >= 11 is 1.63. The number of nitrogens with one attached hydrogen (secondary N) is 2. The Kier molecular flexibility index (Phi) is 6.09. The van der Waals surface area contributed by atoms with Crippen molar-refractivity contribution in [2.75, 3.05) is 26.2 Å². The molecule has 24 heavy (non-hydrogen) atoms. The molecule has 2 aliphatic rings. The normalized spacial score (nSPS) is 23.9. The van der Waals surface area contributed by atoms with Crippen LogP contribution in [0.1, 0.15) is 30.6 Å². The number of thiophene rings is 1. The zero-order valence-corrected chi connectivity index (χ0v) is 14.6. The third kappa shape index (κ3) is 4.70. The van der Waals surface area contributed by atoms with Crippen LogP contribution in [0.15, 0.2) is 17.5 Å². The monoisotopic (exact) mass is 351 g/mol. The average molecular weight is 351 g/mol. The number of likely N-dealkylation sites (tertiary alicyclic amines) is 1. The van der Waals surface area contributed by atoms with Gasteiger partial charge in [0.25, 0.3) is 0 Å². The molecule has 2 fully saturated rings. The Morgan fingerprint density at radius 3 is 2.96 bits per heavy atom. The Morgan fingerprint density at radius 2 is 2.21 bits per heavy atom. The number of piperidine rings is 1. The molecular weight excluding hydrogens is 326 g/mol.